The van der Waals surface area contributed by atoms with E-state index in [2.05, 4.69) is 15.6 Å². The molecule has 0 fully saturated rings. The van der Waals surface area contributed by atoms with Gasteiger partial charge in [0.25, 0.3) is 0 Å². The van der Waals surface area contributed by atoms with E-state index in [1.807, 2.05) is 52.0 Å². The number of ether oxygens (including phenoxy) is 1. The molecule has 0 spiro atoms. The normalized spacial score (nSPS) is 11.4. The molecule has 0 unspecified atom stereocenters. The lowest BCUT2D eigenvalue weighted by atomic mass is 10.2. The summed E-state index contributed by atoms with van der Waals surface area (Å²) < 4.78 is 5.15. The SMILES string of the molecule is Cc1ccc(NC(N)=NCCCCNC(=O)OC(C)(C)C)cc1.I. The maximum Gasteiger partial charge on any atom is 0.407 e. The van der Waals surface area contributed by atoms with E-state index in [1.54, 1.807) is 0 Å². The lowest BCUT2D eigenvalue weighted by molar-refractivity contribution is 0.0527. The van der Waals surface area contributed by atoms with Crippen LogP contribution in [-0.4, -0.2) is 30.7 Å². The highest BCUT2D eigenvalue weighted by atomic mass is 127. The molecular formula is C17H29IN4O2. The van der Waals surface area contributed by atoms with Crippen LogP contribution < -0.4 is 16.4 Å². The number of halogens is 1. The monoisotopic (exact) mass is 448 g/mol. The number of alkyl carbamates (subject to hydrolysis) is 1. The molecule has 0 aliphatic rings. The molecule has 0 heterocycles. The Morgan fingerprint density at radius 1 is 1.21 bits per heavy atom. The second-order valence-electron chi connectivity index (χ2n) is 6.39. The van der Waals surface area contributed by atoms with Gasteiger partial charge in [-0.15, -0.1) is 24.0 Å². The average molecular weight is 448 g/mol. The van der Waals surface area contributed by atoms with Gasteiger partial charge in [-0.25, -0.2) is 4.79 Å². The molecule has 6 nitrogen and oxygen atoms in total. The Kier molecular flexibility index (Phi) is 10.4. The zero-order valence-electron chi connectivity index (χ0n) is 14.9. The molecule has 0 radical (unpaired) electrons. The van der Waals surface area contributed by atoms with E-state index in [0.717, 1.165) is 18.5 Å². The Labute approximate surface area is 161 Å². The Morgan fingerprint density at radius 2 is 1.83 bits per heavy atom. The van der Waals surface area contributed by atoms with Gasteiger partial charge in [0.1, 0.15) is 5.60 Å². The summed E-state index contributed by atoms with van der Waals surface area (Å²) in [7, 11) is 0. The van der Waals surface area contributed by atoms with Crippen molar-refractivity contribution >= 4 is 41.7 Å². The molecule has 136 valence electrons. The first-order valence-corrected chi connectivity index (χ1v) is 7.87. The molecule has 1 aromatic carbocycles. The van der Waals surface area contributed by atoms with E-state index in [1.165, 1.54) is 5.56 Å². The fraction of sp³-hybridized carbons (Fsp3) is 0.529. The van der Waals surface area contributed by atoms with E-state index < -0.39 is 5.60 Å². The fourth-order valence-corrected chi connectivity index (χ4v) is 1.77. The number of hydrogen-bond acceptors (Lipinski definition) is 3. The molecule has 0 aliphatic heterocycles. The number of carbonyl (C=O) groups excluding carboxylic acids is 1. The van der Waals surface area contributed by atoms with Gasteiger partial charge in [0, 0.05) is 18.8 Å². The summed E-state index contributed by atoms with van der Waals surface area (Å²) in [5, 5.41) is 5.76. The highest BCUT2D eigenvalue weighted by molar-refractivity contribution is 14.0. The van der Waals surface area contributed by atoms with Crippen LogP contribution in [0.5, 0.6) is 0 Å². The minimum absolute atomic E-state index is 0. The van der Waals surface area contributed by atoms with Gasteiger partial charge in [0.15, 0.2) is 5.96 Å². The molecule has 0 bridgehead atoms. The molecule has 0 saturated heterocycles. The number of anilines is 1. The van der Waals surface area contributed by atoms with E-state index >= 15 is 0 Å². The van der Waals surface area contributed by atoms with Crippen LogP contribution in [0.3, 0.4) is 0 Å². The van der Waals surface area contributed by atoms with Gasteiger partial charge in [-0.05, 0) is 52.7 Å². The smallest absolute Gasteiger partial charge is 0.407 e. The minimum atomic E-state index is -0.468. The number of rotatable bonds is 6. The van der Waals surface area contributed by atoms with Crippen molar-refractivity contribution < 1.29 is 9.53 Å². The molecule has 4 N–H and O–H groups in total. The molecule has 1 rings (SSSR count). The maximum atomic E-state index is 11.4. The molecule has 24 heavy (non-hydrogen) atoms. The minimum Gasteiger partial charge on any atom is -0.444 e. The predicted octanol–water partition coefficient (Wildman–Crippen LogP) is 3.64. The number of aliphatic imine (C=N–C) groups is 1. The first-order valence-electron chi connectivity index (χ1n) is 7.87. The topological polar surface area (TPSA) is 88.7 Å². The third-order valence-corrected chi connectivity index (χ3v) is 2.86. The number of carbonyl (C=O) groups is 1. The molecule has 1 aromatic rings. The Morgan fingerprint density at radius 3 is 2.42 bits per heavy atom. The number of nitrogens with one attached hydrogen (secondary N) is 2. The van der Waals surface area contributed by atoms with Crippen LogP contribution in [0, 0.1) is 6.92 Å². The van der Waals surface area contributed by atoms with Gasteiger partial charge < -0.3 is 21.1 Å². The number of nitrogens with two attached hydrogens (primary N) is 1. The van der Waals surface area contributed by atoms with Crippen LogP contribution in [0.15, 0.2) is 29.3 Å². The van der Waals surface area contributed by atoms with E-state index in [4.69, 9.17) is 10.5 Å². The van der Waals surface area contributed by atoms with Gasteiger partial charge in [0.05, 0.1) is 0 Å². The van der Waals surface area contributed by atoms with Crippen molar-refractivity contribution in [3.8, 4) is 0 Å². The zero-order valence-corrected chi connectivity index (χ0v) is 17.2. The van der Waals surface area contributed by atoms with Crippen LogP contribution in [0.1, 0.15) is 39.2 Å². The molecule has 1 amide bonds. The van der Waals surface area contributed by atoms with Gasteiger partial charge >= 0.3 is 6.09 Å². The molecular weight excluding hydrogens is 419 g/mol. The third-order valence-electron chi connectivity index (χ3n) is 2.86. The second kappa shape index (κ2) is 11.1. The third kappa shape index (κ3) is 11.1. The Hall–Kier alpha value is -1.51. The van der Waals surface area contributed by atoms with Crippen molar-refractivity contribution in [3.05, 3.63) is 29.8 Å². The second-order valence-corrected chi connectivity index (χ2v) is 6.39. The van der Waals surface area contributed by atoms with Gasteiger partial charge in [-0.2, -0.15) is 0 Å². The van der Waals surface area contributed by atoms with Crippen molar-refractivity contribution in [2.24, 2.45) is 10.7 Å². The Balaban J connectivity index is 0.00000529. The molecule has 0 aromatic heterocycles. The van der Waals surface area contributed by atoms with Crippen LogP contribution in [0.4, 0.5) is 10.5 Å². The summed E-state index contributed by atoms with van der Waals surface area (Å²) in [4.78, 5) is 15.7. The summed E-state index contributed by atoms with van der Waals surface area (Å²) in [5.74, 6) is 0.397. The number of unbranched alkanes of at least 4 members (excludes halogenated alkanes) is 1. The average Bonchev–Trinajstić information content (AvgIpc) is 2.43. The number of guanidine groups is 1. The zero-order chi connectivity index (χ0) is 17.3. The summed E-state index contributed by atoms with van der Waals surface area (Å²) in [6.45, 7) is 8.73. The highest BCUT2D eigenvalue weighted by Crippen LogP contribution is 2.08. The largest absolute Gasteiger partial charge is 0.444 e. The lowest BCUT2D eigenvalue weighted by Crippen LogP contribution is -2.33. The van der Waals surface area contributed by atoms with Crippen LogP contribution >= 0.6 is 24.0 Å². The van der Waals surface area contributed by atoms with E-state index in [9.17, 15) is 4.79 Å². The van der Waals surface area contributed by atoms with Crippen molar-refractivity contribution in [1.29, 1.82) is 0 Å². The number of amides is 1. The number of nitrogens with zero attached hydrogens (tertiary/aromatic N) is 1. The first-order chi connectivity index (χ1) is 10.8. The first kappa shape index (κ1) is 22.5. The van der Waals surface area contributed by atoms with Crippen molar-refractivity contribution in [1.82, 2.24) is 5.32 Å². The lowest BCUT2D eigenvalue weighted by Gasteiger charge is -2.19. The van der Waals surface area contributed by atoms with Crippen molar-refractivity contribution in [3.63, 3.8) is 0 Å². The summed E-state index contributed by atoms with van der Waals surface area (Å²) in [6, 6.07) is 7.95. The summed E-state index contributed by atoms with van der Waals surface area (Å²) in [5.41, 5.74) is 7.48. The number of aryl methyl sites for hydroxylation is 1. The van der Waals surface area contributed by atoms with Crippen molar-refractivity contribution in [2.75, 3.05) is 18.4 Å². The van der Waals surface area contributed by atoms with E-state index in [-0.39, 0.29) is 30.1 Å². The van der Waals surface area contributed by atoms with Gasteiger partial charge in [-0.3, -0.25) is 4.99 Å². The van der Waals surface area contributed by atoms with Crippen LogP contribution in [0.25, 0.3) is 0 Å². The summed E-state index contributed by atoms with van der Waals surface area (Å²) in [6.07, 6.45) is 1.27. The molecule has 7 heteroatoms. The standard InChI is InChI=1S/C17H28N4O2.HI/c1-13-7-9-14(10-8-13)21-15(18)19-11-5-6-12-20-16(22)23-17(2,3)4;/h7-10H,5-6,11-12H2,1-4H3,(H,20,22)(H3,18,19,21);1H. The fourth-order valence-electron chi connectivity index (χ4n) is 1.77. The number of hydrogen-bond donors (Lipinski definition) is 3. The Bertz CT molecular complexity index is 524. The highest BCUT2D eigenvalue weighted by Gasteiger charge is 2.15. The summed E-state index contributed by atoms with van der Waals surface area (Å²) >= 11 is 0. The predicted molar refractivity (Wildman–Crippen MR) is 110 cm³/mol. The van der Waals surface area contributed by atoms with Gasteiger partial charge in [0.2, 0.25) is 0 Å². The molecule has 0 aliphatic carbocycles. The van der Waals surface area contributed by atoms with Crippen LogP contribution in [-0.2, 0) is 4.74 Å². The molecule has 0 atom stereocenters. The quantitative estimate of drug-likeness (QED) is 0.268. The maximum absolute atomic E-state index is 11.4. The number of benzene rings is 1. The van der Waals surface area contributed by atoms with E-state index in [0.29, 0.717) is 19.0 Å². The van der Waals surface area contributed by atoms with Crippen LogP contribution in [0.2, 0.25) is 0 Å². The van der Waals surface area contributed by atoms with Gasteiger partial charge in [-0.1, -0.05) is 17.7 Å². The molecule has 0 saturated carbocycles. The van der Waals surface area contributed by atoms with Crippen molar-refractivity contribution in [2.45, 2.75) is 46.1 Å².